The van der Waals surface area contributed by atoms with Gasteiger partial charge in [-0.05, 0) is 38.7 Å². The van der Waals surface area contributed by atoms with Gasteiger partial charge in [-0.25, -0.2) is 0 Å². The summed E-state index contributed by atoms with van der Waals surface area (Å²) in [6, 6.07) is 8.87. The summed E-state index contributed by atoms with van der Waals surface area (Å²) in [5, 5.41) is 0. The van der Waals surface area contributed by atoms with E-state index in [1.807, 2.05) is 0 Å². The average molecular weight is 292 g/mol. The molecule has 1 fully saturated rings. The highest BCUT2D eigenvalue weighted by atomic mass is 15.4. The molecule has 2 heterocycles. The second-order valence-electron chi connectivity index (χ2n) is 6.91. The highest BCUT2D eigenvalue weighted by Gasteiger charge is 2.55. The quantitative estimate of drug-likeness (QED) is 0.727. The Morgan fingerprint density at radius 3 is 2.50 bits per heavy atom. The third-order valence-corrected chi connectivity index (χ3v) is 5.77. The topological polar surface area (TPSA) is 6.48 Å². The van der Waals surface area contributed by atoms with E-state index >= 15 is 0 Å². The van der Waals surface area contributed by atoms with Crippen molar-refractivity contribution >= 4 is 5.57 Å². The van der Waals surface area contributed by atoms with E-state index in [1.54, 1.807) is 0 Å². The van der Waals surface area contributed by atoms with E-state index in [9.17, 15) is 0 Å². The van der Waals surface area contributed by atoms with E-state index in [0.717, 1.165) is 5.92 Å². The van der Waals surface area contributed by atoms with E-state index in [4.69, 9.17) is 0 Å². The maximum absolute atomic E-state index is 2.58. The van der Waals surface area contributed by atoms with Crippen molar-refractivity contribution in [1.82, 2.24) is 9.80 Å². The molecule has 2 heteroatoms. The van der Waals surface area contributed by atoms with Gasteiger partial charge in [-0.1, -0.05) is 43.3 Å². The summed E-state index contributed by atoms with van der Waals surface area (Å²) < 4.78 is 0. The number of hydrogen-bond donors (Lipinski definition) is 0. The Morgan fingerprint density at radius 2 is 1.86 bits per heavy atom. The van der Waals surface area contributed by atoms with Crippen LogP contribution >= 0.6 is 0 Å². The largest absolute Gasteiger partial charge is 0.346 e. The zero-order chi connectivity index (χ0) is 15.5. The first-order valence-corrected chi connectivity index (χ1v) is 8.29. The summed E-state index contributed by atoms with van der Waals surface area (Å²) in [7, 11) is 0. The predicted octanol–water partition coefficient (Wildman–Crippen LogP) is 4.89. The van der Waals surface area contributed by atoms with E-state index in [1.165, 1.54) is 28.8 Å². The number of rotatable bonds is 1. The normalized spacial score (nSPS) is 36.0. The third kappa shape index (κ3) is 1.61. The second kappa shape index (κ2) is 4.52. The number of fused-ring (bicyclic) bond motifs is 3. The van der Waals surface area contributed by atoms with Crippen molar-refractivity contribution in [2.24, 2.45) is 5.92 Å². The van der Waals surface area contributed by atoms with Crippen molar-refractivity contribution in [1.29, 1.82) is 0 Å². The van der Waals surface area contributed by atoms with Gasteiger partial charge in [-0.15, -0.1) is 0 Å². The minimum absolute atomic E-state index is 0.301. The lowest BCUT2D eigenvalue weighted by molar-refractivity contribution is 0.123. The van der Waals surface area contributed by atoms with Gasteiger partial charge in [0.1, 0.15) is 6.17 Å². The molecule has 1 aromatic carbocycles. The Labute approximate surface area is 133 Å². The summed E-state index contributed by atoms with van der Waals surface area (Å²) in [4.78, 5) is 5.01. The molecule has 114 valence electrons. The second-order valence-corrected chi connectivity index (χ2v) is 6.91. The SMILES string of the molecule is C/C=C1\C(=C/C)N2C=CN(C3(C)CC3C)C2c2ccccc21. The lowest BCUT2D eigenvalue weighted by atomic mass is 9.89. The van der Waals surface area contributed by atoms with Crippen molar-refractivity contribution in [2.45, 2.75) is 45.8 Å². The van der Waals surface area contributed by atoms with Gasteiger partial charge in [-0.3, -0.25) is 0 Å². The minimum Gasteiger partial charge on any atom is -0.346 e. The lowest BCUT2D eigenvalue weighted by Gasteiger charge is -2.43. The molecule has 0 bridgehead atoms. The van der Waals surface area contributed by atoms with Crippen molar-refractivity contribution in [3.8, 4) is 0 Å². The Hall–Kier alpha value is -1.96. The molecule has 1 saturated carbocycles. The number of hydrogen-bond acceptors (Lipinski definition) is 2. The van der Waals surface area contributed by atoms with E-state index in [-0.39, 0.29) is 0 Å². The first-order chi connectivity index (χ1) is 10.6. The standard InChI is InChI=1S/C20H24N2/c1-5-15-16-9-7-8-10-17(16)19-21(18(15)6-2)11-12-22(19)20(4)13-14(20)3/h5-12,14,19H,13H2,1-4H3/b15-5-,18-6+. The highest BCUT2D eigenvalue weighted by Crippen LogP contribution is 2.56. The maximum atomic E-state index is 2.58. The minimum atomic E-state index is 0.301. The molecular weight excluding hydrogens is 268 g/mol. The van der Waals surface area contributed by atoms with Crippen LogP contribution in [-0.4, -0.2) is 15.3 Å². The van der Waals surface area contributed by atoms with Crippen LogP contribution in [0, 0.1) is 5.92 Å². The van der Waals surface area contributed by atoms with Gasteiger partial charge in [0.25, 0.3) is 0 Å². The molecule has 4 rings (SSSR count). The molecular formula is C20H24N2. The van der Waals surface area contributed by atoms with E-state index in [2.05, 4.69) is 86.3 Å². The zero-order valence-electron chi connectivity index (χ0n) is 13.9. The first kappa shape index (κ1) is 13.7. The van der Waals surface area contributed by atoms with Gasteiger partial charge in [-0.2, -0.15) is 0 Å². The fourth-order valence-electron chi connectivity index (χ4n) is 4.18. The molecule has 0 saturated heterocycles. The molecule has 0 radical (unpaired) electrons. The maximum Gasteiger partial charge on any atom is 0.133 e. The molecule has 22 heavy (non-hydrogen) atoms. The van der Waals surface area contributed by atoms with Crippen LogP contribution in [-0.2, 0) is 0 Å². The average Bonchev–Trinajstić information content (AvgIpc) is 2.97. The van der Waals surface area contributed by atoms with Gasteiger partial charge < -0.3 is 9.80 Å². The Balaban J connectivity index is 1.89. The summed E-state index contributed by atoms with van der Waals surface area (Å²) in [6.07, 6.45) is 10.6. The Morgan fingerprint density at radius 1 is 1.14 bits per heavy atom. The van der Waals surface area contributed by atoms with Crippen LogP contribution < -0.4 is 0 Å². The van der Waals surface area contributed by atoms with Crippen molar-refractivity contribution in [3.63, 3.8) is 0 Å². The highest BCUT2D eigenvalue weighted by molar-refractivity contribution is 5.82. The summed E-state index contributed by atoms with van der Waals surface area (Å²) >= 11 is 0. The van der Waals surface area contributed by atoms with Gasteiger partial charge in [0.05, 0.1) is 0 Å². The molecule has 2 nitrogen and oxygen atoms in total. The van der Waals surface area contributed by atoms with Crippen LogP contribution in [0.4, 0.5) is 0 Å². The molecule has 0 aromatic heterocycles. The lowest BCUT2D eigenvalue weighted by Crippen LogP contribution is -2.40. The van der Waals surface area contributed by atoms with Crippen LogP contribution in [0.1, 0.15) is 51.4 Å². The number of benzene rings is 1. The zero-order valence-corrected chi connectivity index (χ0v) is 13.9. The van der Waals surface area contributed by atoms with Crippen LogP contribution in [0.25, 0.3) is 5.57 Å². The fraction of sp³-hybridized carbons (Fsp3) is 0.400. The van der Waals surface area contributed by atoms with Gasteiger partial charge in [0.2, 0.25) is 0 Å². The van der Waals surface area contributed by atoms with Gasteiger partial charge in [0.15, 0.2) is 0 Å². The first-order valence-electron chi connectivity index (χ1n) is 8.29. The van der Waals surface area contributed by atoms with Crippen LogP contribution in [0.15, 0.2) is 54.5 Å². The predicted molar refractivity (Wildman–Crippen MR) is 91.6 cm³/mol. The van der Waals surface area contributed by atoms with Crippen LogP contribution in [0.5, 0.6) is 0 Å². The fourth-order valence-corrected chi connectivity index (χ4v) is 4.18. The van der Waals surface area contributed by atoms with Crippen LogP contribution in [0.2, 0.25) is 0 Å². The van der Waals surface area contributed by atoms with Crippen molar-refractivity contribution in [3.05, 3.63) is 65.6 Å². The summed E-state index contributed by atoms with van der Waals surface area (Å²) in [5.74, 6) is 0.765. The monoisotopic (exact) mass is 292 g/mol. The van der Waals surface area contributed by atoms with Gasteiger partial charge >= 0.3 is 0 Å². The Bertz CT molecular complexity index is 712. The van der Waals surface area contributed by atoms with Crippen molar-refractivity contribution in [2.75, 3.05) is 0 Å². The third-order valence-electron chi connectivity index (χ3n) is 5.77. The Kier molecular flexibility index (Phi) is 2.81. The van der Waals surface area contributed by atoms with Crippen molar-refractivity contribution < 1.29 is 0 Å². The van der Waals surface area contributed by atoms with Gasteiger partial charge in [0, 0.05) is 34.8 Å². The summed E-state index contributed by atoms with van der Waals surface area (Å²) in [6.45, 7) is 9.04. The number of allylic oxidation sites excluding steroid dienone is 3. The van der Waals surface area contributed by atoms with E-state index < -0.39 is 0 Å². The molecule has 2 aliphatic heterocycles. The van der Waals surface area contributed by atoms with Crippen LogP contribution in [0.3, 0.4) is 0 Å². The molecule has 3 aliphatic rings. The molecule has 1 aliphatic carbocycles. The molecule has 0 spiro atoms. The molecule has 0 N–H and O–H groups in total. The molecule has 3 unspecified atom stereocenters. The number of nitrogens with zero attached hydrogens (tertiary/aromatic N) is 2. The smallest absolute Gasteiger partial charge is 0.133 e. The molecule has 3 atom stereocenters. The molecule has 0 amide bonds. The summed E-state index contributed by atoms with van der Waals surface area (Å²) in [5.41, 5.74) is 5.77. The van der Waals surface area contributed by atoms with E-state index in [0.29, 0.717) is 11.7 Å². The molecule has 1 aromatic rings.